The predicted molar refractivity (Wildman–Crippen MR) is 103 cm³/mol. The summed E-state index contributed by atoms with van der Waals surface area (Å²) in [7, 11) is 0. The third-order valence-corrected chi connectivity index (χ3v) is 5.07. The van der Waals surface area contributed by atoms with Crippen molar-refractivity contribution < 1.29 is 4.79 Å². The fourth-order valence-electron chi connectivity index (χ4n) is 3.06. The lowest BCUT2D eigenvalue weighted by molar-refractivity contribution is -0.134. The Kier molecular flexibility index (Phi) is 5.30. The second kappa shape index (κ2) is 7.28. The molecule has 1 fully saturated rings. The highest BCUT2D eigenvalue weighted by Gasteiger charge is 2.21. The molecule has 1 saturated heterocycles. The molecule has 0 atom stereocenters. The lowest BCUT2D eigenvalue weighted by atomic mass is 10.2. The lowest BCUT2D eigenvalue weighted by Crippen LogP contribution is -2.37. The van der Waals surface area contributed by atoms with E-state index in [9.17, 15) is 4.79 Å². The number of carbonyl (C=O) groups is 1. The molecule has 3 rings (SSSR count). The van der Waals surface area contributed by atoms with E-state index in [1.165, 1.54) is 0 Å². The fourth-order valence-corrected chi connectivity index (χ4v) is 3.93. The molecule has 0 bridgehead atoms. The van der Waals surface area contributed by atoms with Gasteiger partial charge in [0, 0.05) is 42.0 Å². The number of nitrogens with zero attached hydrogens (tertiary/aromatic N) is 3. The first-order valence-electron chi connectivity index (χ1n) is 8.25. The summed E-state index contributed by atoms with van der Waals surface area (Å²) in [6, 6.07) is 7.97. The highest BCUT2D eigenvalue weighted by molar-refractivity contribution is 9.10. The van der Waals surface area contributed by atoms with Gasteiger partial charge in [-0.3, -0.25) is 4.79 Å². The first kappa shape index (κ1) is 17.5. The summed E-state index contributed by atoms with van der Waals surface area (Å²) in [6.07, 6.45) is 0.951. The van der Waals surface area contributed by atoms with Crippen LogP contribution in [0.25, 0.3) is 10.9 Å². The van der Waals surface area contributed by atoms with Gasteiger partial charge in [0.2, 0.25) is 5.91 Å². The minimum Gasteiger partial charge on any atom is -0.355 e. The molecule has 0 saturated carbocycles. The van der Waals surface area contributed by atoms with Crippen molar-refractivity contribution in [2.75, 3.05) is 31.1 Å². The van der Waals surface area contributed by atoms with E-state index in [1.54, 1.807) is 0 Å². The summed E-state index contributed by atoms with van der Waals surface area (Å²) in [5, 5.41) is 1.66. The van der Waals surface area contributed by atoms with Gasteiger partial charge in [-0.05, 0) is 30.7 Å². The van der Waals surface area contributed by atoms with Crippen LogP contribution < -0.4 is 4.90 Å². The van der Waals surface area contributed by atoms with E-state index < -0.39 is 0 Å². The molecule has 0 spiro atoms. The molecule has 1 aliphatic rings. The van der Waals surface area contributed by atoms with Crippen LogP contribution in [-0.2, 0) is 4.79 Å². The van der Waals surface area contributed by atoms with Gasteiger partial charge in [-0.1, -0.05) is 41.4 Å². The van der Waals surface area contributed by atoms with Crippen molar-refractivity contribution in [2.24, 2.45) is 5.92 Å². The molecular weight excluding hydrogens is 390 g/mol. The minimum atomic E-state index is 0.0487. The van der Waals surface area contributed by atoms with E-state index in [-0.39, 0.29) is 11.8 Å². The standard InChI is InChI=1S/C18H21BrClN3O/c1-12(2)18(24)23-7-3-6-22(8-9-23)16-5-4-13-10-14(19)11-15(20)17(13)21-16/h4-5,10-12H,3,6-9H2,1-2H3. The average Bonchev–Trinajstić information content (AvgIpc) is 2.79. The van der Waals surface area contributed by atoms with Gasteiger partial charge in [0.05, 0.1) is 10.5 Å². The molecule has 0 radical (unpaired) electrons. The monoisotopic (exact) mass is 409 g/mol. The average molecular weight is 411 g/mol. The summed E-state index contributed by atoms with van der Waals surface area (Å²) in [5.41, 5.74) is 0.816. The van der Waals surface area contributed by atoms with Crippen LogP contribution in [0, 0.1) is 5.92 Å². The number of amides is 1. The maximum absolute atomic E-state index is 12.2. The minimum absolute atomic E-state index is 0.0487. The summed E-state index contributed by atoms with van der Waals surface area (Å²) < 4.78 is 0.951. The molecule has 2 heterocycles. The van der Waals surface area contributed by atoms with Gasteiger partial charge in [0.1, 0.15) is 5.82 Å². The number of hydrogen-bond donors (Lipinski definition) is 0. The van der Waals surface area contributed by atoms with Gasteiger partial charge in [-0.15, -0.1) is 0 Å². The molecule has 128 valence electrons. The third-order valence-electron chi connectivity index (χ3n) is 4.32. The molecule has 1 aromatic carbocycles. The van der Waals surface area contributed by atoms with Crippen LogP contribution in [0.1, 0.15) is 20.3 Å². The van der Waals surface area contributed by atoms with Crippen LogP contribution in [0.4, 0.5) is 5.82 Å². The number of pyridine rings is 1. The number of rotatable bonds is 2. The van der Waals surface area contributed by atoms with E-state index in [0.717, 1.165) is 53.8 Å². The van der Waals surface area contributed by atoms with Gasteiger partial charge in [0.15, 0.2) is 0 Å². The number of aromatic nitrogens is 1. The summed E-state index contributed by atoms with van der Waals surface area (Å²) in [5.74, 6) is 1.20. The van der Waals surface area contributed by atoms with Gasteiger partial charge in [-0.25, -0.2) is 4.98 Å². The van der Waals surface area contributed by atoms with Crippen molar-refractivity contribution in [1.82, 2.24) is 9.88 Å². The zero-order valence-electron chi connectivity index (χ0n) is 13.9. The van der Waals surface area contributed by atoms with Crippen molar-refractivity contribution in [3.8, 4) is 0 Å². The summed E-state index contributed by atoms with van der Waals surface area (Å²) in [4.78, 5) is 21.2. The molecule has 0 N–H and O–H groups in total. The van der Waals surface area contributed by atoms with Crippen molar-refractivity contribution in [2.45, 2.75) is 20.3 Å². The number of hydrogen-bond acceptors (Lipinski definition) is 3. The second-order valence-corrected chi connectivity index (χ2v) is 7.77. The summed E-state index contributed by atoms with van der Waals surface area (Å²) >= 11 is 9.80. The van der Waals surface area contributed by atoms with Crippen LogP contribution in [0.2, 0.25) is 5.02 Å². The predicted octanol–water partition coefficient (Wildman–Crippen LogP) is 4.35. The second-order valence-electron chi connectivity index (χ2n) is 6.45. The van der Waals surface area contributed by atoms with Crippen LogP contribution in [0.5, 0.6) is 0 Å². The first-order chi connectivity index (χ1) is 11.5. The summed E-state index contributed by atoms with van der Waals surface area (Å²) in [6.45, 7) is 7.16. The van der Waals surface area contributed by atoms with Crippen molar-refractivity contribution in [1.29, 1.82) is 0 Å². The van der Waals surface area contributed by atoms with E-state index in [1.807, 2.05) is 36.9 Å². The van der Waals surface area contributed by atoms with E-state index in [4.69, 9.17) is 16.6 Å². The molecule has 1 aliphatic heterocycles. The Bertz CT molecular complexity index is 765. The zero-order chi connectivity index (χ0) is 17.3. The number of carbonyl (C=O) groups excluding carboxylic acids is 1. The highest BCUT2D eigenvalue weighted by atomic mass is 79.9. The molecule has 4 nitrogen and oxygen atoms in total. The molecule has 0 aliphatic carbocycles. The van der Waals surface area contributed by atoms with Crippen molar-refractivity contribution >= 4 is 50.2 Å². The lowest BCUT2D eigenvalue weighted by Gasteiger charge is -2.24. The van der Waals surface area contributed by atoms with Crippen LogP contribution >= 0.6 is 27.5 Å². The molecule has 0 unspecified atom stereocenters. The smallest absolute Gasteiger partial charge is 0.225 e. The Morgan fingerprint density at radius 1 is 1.21 bits per heavy atom. The van der Waals surface area contributed by atoms with E-state index >= 15 is 0 Å². The Labute approximate surface area is 155 Å². The van der Waals surface area contributed by atoms with Crippen molar-refractivity contribution in [3.63, 3.8) is 0 Å². The molecule has 1 aromatic heterocycles. The number of benzene rings is 1. The molecule has 6 heteroatoms. The Morgan fingerprint density at radius 3 is 2.75 bits per heavy atom. The molecular formula is C18H21BrClN3O. The Morgan fingerprint density at radius 2 is 2.00 bits per heavy atom. The molecule has 2 aromatic rings. The normalized spacial score (nSPS) is 15.9. The number of halogens is 2. The topological polar surface area (TPSA) is 36.4 Å². The van der Waals surface area contributed by atoms with Crippen LogP contribution in [0.3, 0.4) is 0 Å². The maximum atomic E-state index is 12.2. The van der Waals surface area contributed by atoms with Crippen LogP contribution in [-0.4, -0.2) is 42.0 Å². The molecule has 1 amide bonds. The Hall–Kier alpha value is -1.33. The van der Waals surface area contributed by atoms with Gasteiger partial charge >= 0.3 is 0 Å². The fraction of sp³-hybridized carbons (Fsp3) is 0.444. The number of fused-ring (bicyclic) bond motifs is 1. The molecule has 24 heavy (non-hydrogen) atoms. The first-order valence-corrected chi connectivity index (χ1v) is 9.42. The van der Waals surface area contributed by atoms with Gasteiger partial charge in [-0.2, -0.15) is 0 Å². The Balaban J connectivity index is 1.82. The number of anilines is 1. The third kappa shape index (κ3) is 3.67. The SMILES string of the molecule is CC(C)C(=O)N1CCCN(c2ccc3cc(Br)cc(Cl)c3n2)CC1. The quantitative estimate of drug-likeness (QED) is 0.738. The zero-order valence-corrected chi connectivity index (χ0v) is 16.3. The van der Waals surface area contributed by atoms with E-state index in [2.05, 4.69) is 26.9 Å². The van der Waals surface area contributed by atoms with E-state index in [0.29, 0.717) is 5.02 Å². The van der Waals surface area contributed by atoms with Gasteiger partial charge in [0.25, 0.3) is 0 Å². The van der Waals surface area contributed by atoms with Crippen LogP contribution in [0.15, 0.2) is 28.7 Å². The largest absolute Gasteiger partial charge is 0.355 e. The highest BCUT2D eigenvalue weighted by Crippen LogP contribution is 2.29. The maximum Gasteiger partial charge on any atom is 0.225 e. The van der Waals surface area contributed by atoms with Gasteiger partial charge < -0.3 is 9.80 Å². The van der Waals surface area contributed by atoms with Crippen molar-refractivity contribution in [3.05, 3.63) is 33.8 Å².